The van der Waals surface area contributed by atoms with Crippen LogP contribution in [0.3, 0.4) is 0 Å². The van der Waals surface area contributed by atoms with Crippen LogP contribution in [0.15, 0.2) is 42.5 Å². The predicted molar refractivity (Wildman–Crippen MR) is 93.0 cm³/mol. The van der Waals surface area contributed by atoms with Crippen LogP contribution in [0, 0.1) is 0 Å². The maximum Gasteiger partial charge on any atom is 0.337 e. The van der Waals surface area contributed by atoms with E-state index in [0.717, 1.165) is 0 Å². The average Bonchev–Trinajstić information content (AvgIpc) is 2.61. The molecule has 0 aliphatic rings. The molecule has 0 heterocycles. The zero-order chi connectivity index (χ0) is 18.4. The van der Waals surface area contributed by atoms with Gasteiger partial charge in [0.05, 0.1) is 25.3 Å². The number of methoxy groups -OCH3 is 2. The molecule has 0 unspecified atom stereocenters. The van der Waals surface area contributed by atoms with Crippen molar-refractivity contribution in [1.82, 2.24) is 0 Å². The second-order valence-electron chi connectivity index (χ2n) is 5.12. The number of rotatable bonds is 5. The van der Waals surface area contributed by atoms with Gasteiger partial charge in [0, 0.05) is 18.3 Å². The summed E-state index contributed by atoms with van der Waals surface area (Å²) in [5.41, 5.74) is 1.64. The molecule has 0 atom stereocenters. The molecule has 0 spiro atoms. The minimum absolute atomic E-state index is 0.241. The van der Waals surface area contributed by atoms with Crippen molar-refractivity contribution in [2.45, 2.75) is 6.92 Å². The molecule has 0 bridgehead atoms. The number of hydrogen-bond donors (Lipinski definition) is 2. The Labute approximate surface area is 144 Å². The molecule has 0 aromatic heterocycles. The van der Waals surface area contributed by atoms with Crippen molar-refractivity contribution >= 4 is 29.2 Å². The standard InChI is InChI=1S/C18H18N2O5/c1-11(21)19-14-8-9-16(24-2)15(10-14)17(22)20-13-6-4-12(5-7-13)18(23)25-3/h4-10H,1-3H3,(H,19,21)(H,20,22). The first-order valence-corrected chi connectivity index (χ1v) is 7.40. The Morgan fingerprint density at radius 2 is 1.52 bits per heavy atom. The van der Waals surface area contributed by atoms with E-state index in [-0.39, 0.29) is 11.5 Å². The number of carbonyl (C=O) groups is 3. The number of amides is 2. The largest absolute Gasteiger partial charge is 0.496 e. The van der Waals surface area contributed by atoms with E-state index >= 15 is 0 Å². The van der Waals surface area contributed by atoms with Gasteiger partial charge in [-0.2, -0.15) is 0 Å². The highest BCUT2D eigenvalue weighted by atomic mass is 16.5. The summed E-state index contributed by atoms with van der Waals surface area (Å²) in [4.78, 5) is 35.1. The summed E-state index contributed by atoms with van der Waals surface area (Å²) >= 11 is 0. The fraction of sp³-hybridized carbons (Fsp3) is 0.167. The van der Waals surface area contributed by atoms with Crippen molar-refractivity contribution in [3.05, 3.63) is 53.6 Å². The van der Waals surface area contributed by atoms with Gasteiger partial charge in [0.1, 0.15) is 5.75 Å². The van der Waals surface area contributed by atoms with E-state index in [1.54, 1.807) is 36.4 Å². The number of benzene rings is 2. The van der Waals surface area contributed by atoms with Crippen LogP contribution in [0.2, 0.25) is 0 Å². The zero-order valence-corrected chi connectivity index (χ0v) is 14.1. The zero-order valence-electron chi connectivity index (χ0n) is 14.1. The summed E-state index contributed by atoms with van der Waals surface area (Å²) in [5, 5.41) is 5.33. The summed E-state index contributed by atoms with van der Waals surface area (Å²) in [6.45, 7) is 1.38. The van der Waals surface area contributed by atoms with Crippen molar-refractivity contribution < 1.29 is 23.9 Å². The van der Waals surface area contributed by atoms with Gasteiger partial charge in [-0.05, 0) is 42.5 Å². The summed E-state index contributed by atoms with van der Waals surface area (Å²) in [7, 11) is 2.75. The Morgan fingerprint density at radius 3 is 2.08 bits per heavy atom. The van der Waals surface area contributed by atoms with Gasteiger partial charge in [0.25, 0.3) is 5.91 Å². The topological polar surface area (TPSA) is 93.7 Å². The third-order valence-corrected chi connectivity index (χ3v) is 3.33. The summed E-state index contributed by atoms with van der Waals surface area (Å²) < 4.78 is 9.82. The molecule has 25 heavy (non-hydrogen) atoms. The fourth-order valence-electron chi connectivity index (χ4n) is 2.17. The first kappa shape index (κ1) is 18.0. The summed E-state index contributed by atoms with van der Waals surface area (Å²) in [6, 6.07) is 11.0. The highest BCUT2D eigenvalue weighted by Crippen LogP contribution is 2.24. The van der Waals surface area contributed by atoms with Crippen LogP contribution in [0.4, 0.5) is 11.4 Å². The third-order valence-electron chi connectivity index (χ3n) is 3.33. The van der Waals surface area contributed by atoms with Crippen LogP contribution >= 0.6 is 0 Å². The maximum absolute atomic E-state index is 12.5. The molecule has 0 radical (unpaired) electrons. The van der Waals surface area contributed by atoms with Crippen molar-refractivity contribution in [3.8, 4) is 5.75 Å². The fourth-order valence-corrected chi connectivity index (χ4v) is 2.17. The third kappa shape index (κ3) is 4.57. The van der Waals surface area contributed by atoms with Gasteiger partial charge in [-0.25, -0.2) is 4.79 Å². The number of ether oxygens (including phenoxy) is 2. The normalized spacial score (nSPS) is 9.88. The van der Waals surface area contributed by atoms with Crippen LogP contribution < -0.4 is 15.4 Å². The number of anilines is 2. The molecule has 2 aromatic rings. The molecule has 130 valence electrons. The Kier molecular flexibility index (Phi) is 5.73. The first-order chi connectivity index (χ1) is 11.9. The van der Waals surface area contributed by atoms with Gasteiger partial charge in [-0.1, -0.05) is 0 Å². The molecular weight excluding hydrogens is 324 g/mol. The maximum atomic E-state index is 12.5. The molecule has 7 nitrogen and oxygen atoms in total. The van der Waals surface area contributed by atoms with E-state index in [1.165, 1.54) is 27.2 Å². The minimum atomic E-state index is -0.456. The highest BCUT2D eigenvalue weighted by molar-refractivity contribution is 6.07. The van der Waals surface area contributed by atoms with Gasteiger partial charge in [-0.15, -0.1) is 0 Å². The smallest absolute Gasteiger partial charge is 0.337 e. The lowest BCUT2D eigenvalue weighted by molar-refractivity contribution is -0.114. The van der Waals surface area contributed by atoms with Gasteiger partial charge < -0.3 is 20.1 Å². The predicted octanol–water partition coefficient (Wildman–Crippen LogP) is 2.69. The van der Waals surface area contributed by atoms with Crippen LogP contribution in [-0.2, 0) is 9.53 Å². The lowest BCUT2D eigenvalue weighted by Crippen LogP contribution is -2.14. The molecule has 0 saturated heterocycles. The summed E-state index contributed by atoms with van der Waals surface area (Å²) in [6.07, 6.45) is 0. The molecule has 2 aromatic carbocycles. The van der Waals surface area contributed by atoms with E-state index in [9.17, 15) is 14.4 Å². The van der Waals surface area contributed by atoms with E-state index in [1.807, 2.05) is 0 Å². The van der Waals surface area contributed by atoms with Gasteiger partial charge in [-0.3, -0.25) is 9.59 Å². The van der Waals surface area contributed by atoms with Gasteiger partial charge in [0.15, 0.2) is 0 Å². The van der Waals surface area contributed by atoms with Crippen LogP contribution in [0.5, 0.6) is 5.75 Å². The van der Waals surface area contributed by atoms with E-state index < -0.39 is 11.9 Å². The summed E-state index contributed by atoms with van der Waals surface area (Å²) in [5.74, 6) is -0.731. The van der Waals surface area contributed by atoms with Crippen molar-refractivity contribution in [2.24, 2.45) is 0 Å². The Morgan fingerprint density at radius 1 is 0.880 bits per heavy atom. The molecule has 0 saturated carbocycles. The second-order valence-corrected chi connectivity index (χ2v) is 5.12. The Balaban J connectivity index is 2.21. The number of hydrogen-bond acceptors (Lipinski definition) is 5. The minimum Gasteiger partial charge on any atom is -0.496 e. The molecular formula is C18H18N2O5. The monoisotopic (exact) mass is 342 g/mol. The average molecular weight is 342 g/mol. The van der Waals surface area contributed by atoms with Crippen LogP contribution in [0.25, 0.3) is 0 Å². The highest BCUT2D eigenvalue weighted by Gasteiger charge is 2.14. The van der Waals surface area contributed by atoms with Gasteiger partial charge >= 0.3 is 5.97 Å². The van der Waals surface area contributed by atoms with Crippen molar-refractivity contribution in [1.29, 1.82) is 0 Å². The lowest BCUT2D eigenvalue weighted by Gasteiger charge is -2.12. The van der Waals surface area contributed by atoms with Crippen LogP contribution in [0.1, 0.15) is 27.6 Å². The molecule has 2 amide bonds. The Bertz CT molecular complexity index is 800. The Hall–Kier alpha value is -3.35. The molecule has 0 aliphatic heterocycles. The molecule has 2 N–H and O–H groups in total. The van der Waals surface area contributed by atoms with Crippen molar-refractivity contribution in [3.63, 3.8) is 0 Å². The van der Waals surface area contributed by atoms with Gasteiger partial charge in [0.2, 0.25) is 5.91 Å². The quantitative estimate of drug-likeness (QED) is 0.815. The number of carbonyl (C=O) groups excluding carboxylic acids is 3. The number of nitrogens with one attached hydrogen (secondary N) is 2. The van der Waals surface area contributed by atoms with E-state index in [4.69, 9.17) is 4.74 Å². The number of esters is 1. The SMILES string of the molecule is COC(=O)c1ccc(NC(=O)c2cc(NC(C)=O)ccc2OC)cc1. The van der Waals surface area contributed by atoms with E-state index in [2.05, 4.69) is 15.4 Å². The van der Waals surface area contributed by atoms with Crippen molar-refractivity contribution in [2.75, 3.05) is 24.9 Å². The second kappa shape index (κ2) is 7.96. The van der Waals surface area contributed by atoms with Crippen LogP contribution in [-0.4, -0.2) is 32.0 Å². The molecule has 0 fully saturated rings. The molecule has 7 heteroatoms. The lowest BCUT2D eigenvalue weighted by atomic mass is 10.1. The molecule has 0 aliphatic carbocycles. The first-order valence-electron chi connectivity index (χ1n) is 7.40. The molecule has 2 rings (SSSR count). The van der Waals surface area contributed by atoms with E-state index in [0.29, 0.717) is 22.7 Å².